The Kier molecular flexibility index (Phi) is 5.12. The fraction of sp³-hybridized carbons (Fsp3) is 0.333. The van der Waals surface area contributed by atoms with Crippen molar-refractivity contribution >= 4 is 22.2 Å². The SMILES string of the molecule is CCS(=O)(=O)c1ccccc1CN.Cl. The van der Waals surface area contributed by atoms with Crippen molar-refractivity contribution in [3.05, 3.63) is 29.8 Å². The van der Waals surface area contributed by atoms with E-state index in [0.29, 0.717) is 10.5 Å². The van der Waals surface area contributed by atoms with Gasteiger partial charge in [0.25, 0.3) is 0 Å². The molecule has 1 aromatic carbocycles. The molecule has 0 saturated heterocycles. The maximum atomic E-state index is 11.5. The molecule has 0 bridgehead atoms. The predicted molar refractivity (Wildman–Crippen MR) is 59.3 cm³/mol. The van der Waals surface area contributed by atoms with Crippen LogP contribution in [0.2, 0.25) is 0 Å². The fourth-order valence-corrected chi connectivity index (χ4v) is 2.28. The van der Waals surface area contributed by atoms with Crippen LogP contribution in [0.25, 0.3) is 0 Å². The van der Waals surface area contributed by atoms with Crippen LogP contribution >= 0.6 is 12.4 Å². The fourth-order valence-electron chi connectivity index (χ4n) is 1.13. The number of hydrogen-bond donors (Lipinski definition) is 1. The van der Waals surface area contributed by atoms with Crippen molar-refractivity contribution in [1.29, 1.82) is 0 Å². The first kappa shape index (κ1) is 13.4. The molecule has 0 aromatic heterocycles. The van der Waals surface area contributed by atoms with Gasteiger partial charge in [0.05, 0.1) is 10.6 Å². The summed E-state index contributed by atoms with van der Waals surface area (Å²) < 4.78 is 23.1. The molecule has 0 amide bonds. The minimum absolute atomic E-state index is 0. The van der Waals surface area contributed by atoms with E-state index in [1.807, 2.05) is 0 Å². The van der Waals surface area contributed by atoms with Crippen LogP contribution in [0.15, 0.2) is 29.2 Å². The van der Waals surface area contributed by atoms with Crippen LogP contribution in [0.4, 0.5) is 0 Å². The van der Waals surface area contributed by atoms with Gasteiger partial charge in [0.2, 0.25) is 0 Å². The van der Waals surface area contributed by atoms with E-state index in [-0.39, 0.29) is 24.7 Å². The molecule has 5 heteroatoms. The molecule has 0 spiro atoms. The van der Waals surface area contributed by atoms with Gasteiger partial charge in [-0.2, -0.15) is 0 Å². The summed E-state index contributed by atoms with van der Waals surface area (Å²) in [4.78, 5) is 0.361. The minimum atomic E-state index is -3.12. The van der Waals surface area contributed by atoms with E-state index in [2.05, 4.69) is 0 Å². The van der Waals surface area contributed by atoms with Crippen LogP contribution in [-0.2, 0) is 16.4 Å². The molecule has 0 saturated carbocycles. The Morgan fingerprint density at radius 3 is 2.36 bits per heavy atom. The van der Waals surface area contributed by atoms with Gasteiger partial charge in [0, 0.05) is 6.54 Å². The summed E-state index contributed by atoms with van der Waals surface area (Å²) in [5.41, 5.74) is 6.12. The van der Waals surface area contributed by atoms with Crippen molar-refractivity contribution in [1.82, 2.24) is 0 Å². The van der Waals surface area contributed by atoms with Gasteiger partial charge >= 0.3 is 0 Å². The molecule has 0 aliphatic heterocycles. The number of benzene rings is 1. The summed E-state index contributed by atoms with van der Waals surface area (Å²) in [6.45, 7) is 1.89. The first-order valence-electron chi connectivity index (χ1n) is 4.12. The molecule has 0 atom stereocenters. The smallest absolute Gasteiger partial charge is 0.178 e. The van der Waals surface area contributed by atoms with Crippen LogP contribution in [0.3, 0.4) is 0 Å². The van der Waals surface area contributed by atoms with E-state index in [9.17, 15) is 8.42 Å². The Labute approximate surface area is 90.6 Å². The molecular weight excluding hydrogens is 222 g/mol. The zero-order chi connectivity index (χ0) is 9.90. The lowest BCUT2D eigenvalue weighted by Gasteiger charge is -2.06. The highest BCUT2D eigenvalue weighted by Gasteiger charge is 2.14. The average Bonchev–Trinajstić information content (AvgIpc) is 2.18. The molecular formula is C9H14ClNO2S. The van der Waals surface area contributed by atoms with Crippen LogP contribution < -0.4 is 5.73 Å². The molecule has 14 heavy (non-hydrogen) atoms. The van der Waals surface area contributed by atoms with Gasteiger partial charge in [0.1, 0.15) is 0 Å². The van der Waals surface area contributed by atoms with E-state index in [1.54, 1.807) is 31.2 Å². The molecule has 0 fully saturated rings. The van der Waals surface area contributed by atoms with Gasteiger partial charge in [0.15, 0.2) is 9.84 Å². The average molecular weight is 236 g/mol. The molecule has 0 unspecified atom stereocenters. The second-order valence-electron chi connectivity index (χ2n) is 2.72. The Morgan fingerprint density at radius 2 is 1.86 bits per heavy atom. The third-order valence-electron chi connectivity index (χ3n) is 1.91. The summed E-state index contributed by atoms with van der Waals surface area (Å²) in [6.07, 6.45) is 0. The molecule has 0 radical (unpaired) electrons. The molecule has 0 aliphatic carbocycles. The summed E-state index contributed by atoms with van der Waals surface area (Å²) in [6, 6.07) is 6.84. The van der Waals surface area contributed by atoms with Crippen molar-refractivity contribution in [3.8, 4) is 0 Å². The second kappa shape index (κ2) is 5.34. The summed E-state index contributed by atoms with van der Waals surface area (Å²) in [5.74, 6) is 0.115. The largest absolute Gasteiger partial charge is 0.326 e. The predicted octanol–water partition coefficient (Wildman–Crippen LogP) is 1.36. The van der Waals surface area contributed by atoms with Crippen LogP contribution in [0.5, 0.6) is 0 Å². The lowest BCUT2D eigenvalue weighted by atomic mass is 10.2. The van der Waals surface area contributed by atoms with Gasteiger partial charge in [-0.3, -0.25) is 0 Å². The van der Waals surface area contributed by atoms with E-state index >= 15 is 0 Å². The Bertz CT molecular complexity index is 390. The monoisotopic (exact) mass is 235 g/mol. The van der Waals surface area contributed by atoms with Gasteiger partial charge in [-0.1, -0.05) is 25.1 Å². The van der Waals surface area contributed by atoms with E-state index in [4.69, 9.17) is 5.73 Å². The Hall–Kier alpha value is -0.580. The van der Waals surface area contributed by atoms with E-state index in [0.717, 1.165) is 0 Å². The van der Waals surface area contributed by atoms with E-state index in [1.165, 1.54) is 0 Å². The molecule has 1 rings (SSSR count). The van der Waals surface area contributed by atoms with Crippen molar-refractivity contribution in [2.45, 2.75) is 18.4 Å². The zero-order valence-electron chi connectivity index (χ0n) is 7.93. The third-order valence-corrected chi connectivity index (χ3v) is 3.74. The van der Waals surface area contributed by atoms with Gasteiger partial charge in [-0.05, 0) is 11.6 Å². The summed E-state index contributed by atoms with van der Waals surface area (Å²) in [5, 5.41) is 0. The standard InChI is InChI=1S/C9H13NO2S.ClH/c1-2-13(11,12)9-6-4-3-5-8(9)7-10;/h3-6H,2,7,10H2,1H3;1H. The zero-order valence-corrected chi connectivity index (χ0v) is 9.57. The Balaban J connectivity index is 0.00000169. The normalized spacial score (nSPS) is 10.7. The van der Waals surface area contributed by atoms with Crippen LogP contribution in [0, 0.1) is 0 Å². The number of rotatable bonds is 3. The van der Waals surface area contributed by atoms with Crippen LogP contribution in [-0.4, -0.2) is 14.2 Å². The molecule has 3 nitrogen and oxygen atoms in total. The number of halogens is 1. The van der Waals surface area contributed by atoms with Crippen molar-refractivity contribution in [2.75, 3.05) is 5.75 Å². The number of hydrogen-bond acceptors (Lipinski definition) is 3. The summed E-state index contributed by atoms with van der Waals surface area (Å²) in [7, 11) is -3.12. The maximum Gasteiger partial charge on any atom is 0.178 e. The summed E-state index contributed by atoms with van der Waals surface area (Å²) >= 11 is 0. The first-order valence-corrected chi connectivity index (χ1v) is 5.77. The van der Waals surface area contributed by atoms with Gasteiger partial charge < -0.3 is 5.73 Å². The molecule has 80 valence electrons. The lowest BCUT2D eigenvalue weighted by molar-refractivity contribution is 0.596. The molecule has 1 aromatic rings. The minimum Gasteiger partial charge on any atom is -0.326 e. The highest BCUT2D eigenvalue weighted by molar-refractivity contribution is 7.91. The maximum absolute atomic E-state index is 11.5. The van der Waals surface area contributed by atoms with Crippen molar-refractivity contribution in [2.24, 2.45) is 5.73 Å². The van der Waals surface area contributed by atoms with Gasteiger partial charge in [-0.25, -0.2) is 8.42 Å². The number of sulfone groups is 1. The van der Waals surface area contributed by atoms with E-state index < -0.39 is 9.84 Å². The van der Waals surface area contributed by atoms with Crippen LogP contribution in [0.1, 0.15) is 12.5 Å². The third kappa shape index (κ3) is 2.70. The first-order chi connectivity index (χ1) is 6.11. The quantitative estimate of drug-likeness (QED) is 0.861. The highest BCUT2D eigenvalue weighted by atomic mass is 35.5. The second-order valence-corrected chi connectivity index (χ2v) is 4.96. The number of nitrogens with two attached hydrogens (primary N) is 1. The van der Waals surface area contributed by atoms with Gasteiger partial charge in [-0.15, -0.1) is 12.4 Å². The highest BCUT2D eigenvalue weighted by Crippen LogP contribution is 2.15. The van der Waals surface area contributed by atoms with Crippen molar-refractivity contribution in [3.63, 3.8) is 0 Å². The molecule has 2 N–H and O–H groups in total. The van der Waals surface area contributed by atoms with Crippen molar-refractivity contribution < 1.29 is 8.42 Å². The molecule has 0 aliphatic rings. The molecule has 0 heterocycles. The Morgan fingerprint density at radius 1 is 1.29 bits per heavy atom. The lowest BCUT2D eigenvalue weighted by Crippen LogP contribution is -2.09. The topological polar surface area (TPSA) is 60.2 Å².